The van der Waals surface area contributed by atoms with Crippen molar-refractivity contribution >= 4 is 11.9 Å². The molecule has 1 amide bonds. The monoisotopic (exact) mass is 403 g/mol. The van der Waals surface area contributed by atoms with Crippen molar-refractivity contribution in [3.8, 4) is 0 Å². The molecule has 0 saturated heterocycles. The Bertz CT molecular complexity index is 890. The van der Waals surface area contributed by atoms with Crippen LogP contribution in [0.3, 0.4) is 0 Å². The van der Waals surface area contributed by atoms with Crippen LogP contribution in [-0.2, 0) is 25.7 Å². The first-order chi connectivity index (χ1) is 14.7. The van der Waals surface area contributed by atoms with E-state index in [9.17, 15) is 9.59 Å². The van der Waals surface area contributed by atoms with Crippen LogP contribution < -0.4 is 5.32 Å². The summed E-state index contributed by atoms with van der Waals surface area (Å²) in [5.74, 6) is -1.28. The summed E-state index contributed by atoms with van der Waals surface area (Å²) >= 11 is 0. The quantitative estimate of drug-likeness (QED) is 0.554. The van der Waals surface area contributed by atoms with Crippen molar-refractivity contribution in [1.82, 2.24) is 5.32 Å². The number of hydrogen-bond donors (Lipinski definition) is 1. The Morgan fingerprint density at radius 2 is 1.30 bits per heavy atom. The van der Waals surface area contributed by atoms with Gasteiger partial charge in [0.1, 0.15) is 12.6 Å². The molecule has 30 heavy (non-hydrogen) atoms. The van der Waals surface area contributed by atoms with Crippen molar-refractivity contribution in [2.24, 2.45) is 0 Å². The Morgan fingerprint density at radius 1 is 0.800 bits per heavy atom. The lowest BCUT2D eigenvalue weighted by molar-refractivity contribution is -0.146. The molecule has 0 bridgehead atoms. The minimum atomic E-state index is -0.882. The zero-order valence-corrected chi connectivity index (χ0v) is 16.9. The molecule has 1 atom stereocenters. The van der Waals surface area contributed by atoms with Gasteiger partial charge in [-0.2, -0.15) is 0 Å². The van der Waals surface area contributed by atoms with Gasteiger partial charge < -0.3 is 14.8 Å². The summed E-state index contributed by atoms with van der Waals surface area (Å²) in [6, 6.07) is 27.9. The first-order valence-electron chi connectivity index (χ1n) is 9.78. The first kappa shape index (κ1) is 21.3. The Hall–Kier alpha value is -3.44. The molecule has 0 aliphatic carbocycles. The molecule has 5 heteroatoms. The summed E-state index contributed by atoms with van der Waals surface area (Å²) in [6.45, 7) is 0.163. The van der Waals surface area contributed by atoms with Gasteiger partial charge in [0, 0.05) is 5.92 Å². The van der Waals surface area contributed by atoms with Gasteiger partial charge in [-0.3, -0.25) is 4.79 Å². The highest BCUT2D eigenvalue weighted by atomic mass is 16.5. The molecule has 0 fully saturated rings. The molecule has 0 unspecified atom stereocenters. The fourth-order valence-electron chi connectivity index (χ4n) is 3.35. The van der Waals surface area contributed by atoms with Gasteiger partial charge in [0.25, 0.3) is 0 Å². The minimum absolute atomic E-state index is 0.154. The van der Waals surface area contributed by atoms with Crippen LogP contribution in [0, 0.1) is 0 Å². The van der Waals surface area contributed by atoms with E-state index in [4.69, 9.17) is 9.47 Å². The third-order valence-corrected chi connectivity index (χ3v) is 4.77. The zero-order valence-electron chi connectivity index (χ0n) is 16.9. The molecule has 0 aliphatic heterocycles. The van der Waals surface area contributed by atoms with Crippen molar-refractivity contribution in [3.05, 3.63) is 108 Å². The fraction of sp³-hybridized carbons (Fsp3) is 0.200. The number of rotatable bonds is 9. The number of nitrogens with one attached hydrogen (secondary N) is 1. The molecule has 3 aromatic carbocycles. The highest BCUT2D eigenvalue weighted by Crippen LogP contribution is 2.28. The van der Waals surface area contributed by atoms with E-state index in [2.05, 4.69) is 5.32 Å². The van der Waals surface area contributed by atoms with E-state index in [1.54, 1.807) is 0 Å². The predicted molar refractivity (Wildman–Crippen MR) is 115 cm³/mol. The maximum absolute atomic E-state index is 12.7. The van der Waals surface area contributed by atoms with Gasteiger partial charge in [-0.15, -0.1) is 0 Å². The highest BCUT2D eigenvalue weighted by molar-refractivity contribution is 5.86. The van der Waals surface area contributed by atoms with E-state index in [1.807, 2.05) is 91.0 Å². The third kappa shape index (κ3) is 5.78. The van der Waals surface area contributed by atoms with Crippen LogP contribution in [0.2, 0.25) is 0 Å². The van der Waals surface area contributed by atoms with Crippen LogP contribution >= 0.6 is 0 Å². The molecule has 5 nitrogen and oxygen atoms in total. The summed E-state index contributed by atoms with van der Waals surface area (Å²) in [6.07, 6.45) is 0. The molecule has 154 valence electrons. The summed E-state index contributed by atoms with van der Waals surface area (Å²) < 4.78 is 10.5. The normalized spacial score (nSPS) is 11.7. The topological polar surface area (TPSA) is 64.6 Å². The molecule has 0 radical (unpaired) electrons. The van der Waals surface area contributed by atoms with Crippen LogP contribution in [0.25, 0.3) is 0 Å². The largest absolute Gasteiger partial charge is 0.467 e. The van der Waals surface area contributed by atoms with Crippen molar-refractivity contribution in [2.75, 3.05) is 13.7 Å². The van der Waals surface area contributed by atoms with E-state index in [1.165, 1.54) is 7.11 Å². The Kier molecular flexibility index (Phi) is 7.75. The van der Waals surface area contributed by atoms with E-state index in [0.29, 0.717) is 6.61 Å². The second-order valence-electron chi connectivity index (χ2n) is 6.85. The number of methoxy groups -OCH3 is 1. The lowest BCUT2D eigenvalue weighted by Gasteiger charge is -2.27. The lowest BCUT2D eigenvalue weighted by Crippen LogP contribution is -2.47. The van der Waals surface area contributed by atoms with Gasteiger partial charge in [0.2, 0.25) is 5.91 Å². The first-order valence-corrected chi connectivity index (χ1v) is 9.78. The molecule has 3 rings (SSSR count). The average Bonchev–Trinajstić information content (AvgIpc) is 2.80. The van der Waals surface area contributed by atoms with Crippen molar-refractivity contribution in [1.29, 1.82) is 0 Å². The number of amides is 1. The Balaban J connectivity index is 1.77. The number of ether oxygens (including phenoxy) is 2. The van der Waals surface area contributed by atoms with E-state index >= 15 is 0 Å². The van der Waals surface area contributed by atoms with Crippen LogP contribution in [0.15, 0.2) is 91.0 Å². The van der Waals surface area contributed by atoms with E-state index in [-0.39, 0.29) is 12.5 Å². The summed E-state index contributed by atoms with van der Waals surface area (Å²) in [7, 11) is 1.32. The second kappa shape index (κ2) is 10.9. The smallest absolute Gasteiger partial charge is 0.329 e. The molecule has 0 saturated carbocycles. The fourth-order valence-corrected chi connectivity index (χ4v) is 3.35. The SMILES string of the molecule is COC(=O)[C@@H](NC(=O)COCc1ccccc1)C(c1ccccc1)c1ccccc1. The van der Waals surface area contributed by atoms with Crippen molar-refractivity contribution in [3.63, 3.8) is 0 Å². The molecule has 0 aliphatic rings. The summed E-state index contributed by atoms with van der Waals surface area (Å²) in [5, 5.41) is 2.81. The summed E-state index contributed by atoms with van der Waals surface area (Å²) in [5.41, 5.74) is 2.79. The van der Waals surface area contributed by atoms with Gasteiger partial charge in [-0.05, 0) is 16.7 Å². The molecular weight excluding hydrogens is 378 g/mol. The maximum Gasteiger partial charge on any atom is 0.329 e. The van der Waals surface area contributed by atoms with Crippen LogP contribution in [0.4, 0.5) is 0 Å². The number of carbonyl (C=O) groups is 2. The Morgan fingerprint density at radius 3 is 1.80 bits per heavy atom. The molecule has 1 N–H and O–H groups in total. The van der Waals surface area contributed by atoms with Gasteiger partial charge >= 0.3 is 5.97 Å². The molecule has 3 aromatic rings. The zero-order chi connectivity index (χ0) is 21.2. The van der Waals surface area contributed by atoms with Crippen molar-refractivity contribution in [2.45, 2.75) is 18.6 Å². The second-order valence-corrected chi connectivity index (χ2v) is 6.85. The maximum atomic E-state index is 12.7. The molecule has 0 heterocycles. The van der Waals surface area contributed by atoms with Gasteiger partial charge in [0.05, 0.1) is 13.7 Å². The standard InChI is InChI=1S/C25H25NO4/c1-29-25(28)24(26-22(27)18-30-17-19-11-5-2-6-12-19)23(20-13-7-3-8-14-20)21-15-9-4-10-16-21/h2-16,23-24H,17-18H2,1H3,(H,26,27)/t24-/m0/s1. The van der Waals surface area contributed by atoms with Crippen LogP contribution in [0.1, 0.15) is 22.6 Å². The van der Waals surface area contributed by atoms with Crippen LogP contribution in [-0.4, -0.2) is 31.6 Å². The number of hydrogen-bond acceptors (Lipinski definition) is 4. The minimum Gasteiger partial charge on any atom is -0.467 e. The van der Waals surface area contributed by atoms with Crippen LogP contribution in [0.5, 0.6) is 0 Å². The molecular formula is C25H25NO4. The number of esters is 1. The molecule has 0 aromatic heterocycles. The average molecular weight is 403 g/mol. The van der Waals surface area contributed by atoms with Gasteiger partial charge in [-0.1, -0.05) is 91.0 Å². The predicted octanol–water partition coefficient (Wildman–Crippen LogP) is 3.69. The number of carbonyl (C=O) groups excluding carboxylic acids is 2. The highest BCUT2D eigenvalue weighted by Gasteiger charge is 2.33. The van der Waals surface area contributed by atoms with Crippen molar-refractivity contribution < 1.29 is 19.1 Å². The van der Waals surface area contributed by atoms with Gasteiger partial charge in [-0.25, -0.2) is 4.79 Å². The lowest BCUT2D eigenvalue weighted by atomic mass is 9.85. The van der Waals surface area contributed by atoms with Gasteiger partial charge in [0.15, 0.2) is 0 Å². The number of benzene rings is 3. The van der Waals surface area contributed by atoms with E-state index in [0.717, 1.165) is 16.7 Å². The molecule has 0 spiro atoms. The third-order valence-electron chi connectivity index (χ3n) is 4.77. The summed E-state index contributed by atoms with van der Waals surface area (Å²) in [4.78, 5) is 25.2. The Labute approximate surface area is 176 Å². The van der Waals surface area contributed by atoms with E-state index < -0.39 is 17.9 Å².